The van der Waals surface area contributed by atoms with Gasteiger partial charge < -0.3 is 14.8 Å². The second-order valence-electron chi connectivity index (χ2n) is 7.83. The van der Waals surface area contributed by atoms with Gasteiger partial charge in [-0.25, -0.2) is 4.68 Å². The molecule has 0 spiro atoms. The Hall–Kier alpha value is -2.64. The van der Waals surface area contributed by atoms with Gasteiger partial charge in [0.1, 0.15) is 5.60 Å². The van der Waals surface area contributed by atoms with Crippen molar-refractivity contribution in [2.45, 2.75) is 64.1 Å². The van der Waals surface area contributed by atoms with Gasteiger partial charge in [0.2, 0.25) is 0 Å². The molecule has 144 valence electrons. The van der Waals surface area contributed by atoms with Gasteiger partial charge in [-0.3, -0.25) is 4.79 Å². The highest BCUT2D eigenvalue weighted by Gasteiger charge is 2.32. The monoisotopic (exact) mass is 371 g/mol. The third kappa shape index (κ3) is 3.89. The lowest BCUT2D eigenvalue weighted by Crippen LogP contribution is -2.30. The van der Waals surface area contributed by atoms with Crippen molar-refractivity contribution < 1.29 is 14.3 Å². The van der Waals surface area contributed by atoms with Crippen LogP contribution >= 0.6 is 0 Å². The zero-order chi connectivity index (χ0) is 18.9. The first kappa shape index (κ1) is 17.8. The van der Waals surface area contributed by atoms with Crippen LogP contribution in [-0.2, 0) is 17.8 Å². The number of fused-ring (bicyclic) bond motifs is 1. The maximum Gasteiger partial charge on any atom is 0.258 e. The predicted molar refractivity (Wildman–Crippen MR) is 97.5 cm³/mol. The molecule has 0 saturated heterocycles. The van der Waals surface area contributed by atoms with Crippen LogP contribution in [0, 0.1) is 0 Å². The molecule has 0 atom stereocenters. The van der Waals surface area contributed by atoms with Gasteiger partial charge in [-0.05, 0) is 43.2 Å². The van der Waals surface area contributed by atoms with Crippen LogP contribution in [0.1, 0.15) is 57.0 Å². The molecule has 1 saturated carbocycles. The summed E-state index contributed by atoms with van der Waals surface area (Å²) in [4.78, 5) is 12.2. The summed E-state index contributed by atoms with van der Waals surface area (Å²) >= 11 is 0. The molecule has 1 fully saturated rings. The lowest BCUT2D eigenvalue weighted by atomic mass is 10.0. The maximum atomic E-state index is 12.2. The first-order chi connectivity index (χ1) is 13.0. The summed E-state index contributed by atoms with van der Waals surface area (Å²) in [7, 11) is 0. The molecule has 0 bridgehead atoms. The number of para-hydroxylation sites is 1. The Bertz CT molecular complexity index is 827. The van der Waals surface area contributed by atoms with E-state index in [1.165, 1.54) is 12.8 Å². The lowest BCUT2D eigenvalue weighted by molar-refractivity contribution is -0.123. The zero-order valence-electron chi connectivity index (χ0n) is 15.8. The van der Waals surface area contributed by atoms with Crippen LogP contribution in [-0.4, -0.2) is 38.3 Å². The molecule has 1 amide bonds. The van der Waals surface area contributed by atoms with Crippen molar-refractivity contribution in [1.29, 1.82) is 0 Å². The molecule has 1 aliphatic heterocycles. The van der Waals surface area contributed by atoms with E-state index in [4.69, 9.17) is 9.47 Å². The van der Waals surface area contributed by atoms with E-state index in [0.717, 1.165) is 30.6 Å². The fraction of sp³-hybridized carbons (Fsp3) is 0.579. The summed E-state index contributed by atoms with van der Waals surface area (Å²) in [6.45, 7) is 4.30. The Morgan fingerprint density at radius 2 is 2.19 bits per heavy atom. The molecule has 4 rings (SSSR count). The van der Waals surface area contributed by atoms with Gasteiger partial charge >= 0.3 is 0 Å². The van der Waals surface area contributed by atoms with Crippen LogP contribution in [0.2, 0.25) is 0 Å². The number of carbonyl (C=O) groups excluding carboxylic acids is 1. The fourth-order valence-electron chi connectivity index (χ4n) is 3.83. The largest absolute Gasteiger partial charge is 0.483 e. The number of benzene rings is 1. The number of rotatable bonds is 6. The topological polar surface area (TPSA) is 91.2 Å². The van der Waals surface area contributed by atoms with Crippen molar-refractivity contribution in [1.82, 2.24) is 25.5 Å². The van der Waals surface area contributed by atoms with Gasteiger partial charge in [-0.2, -0.15) is 0 Å². The number of carbonyl (C=O) groups is 1. The van der Waals surface area contributed by atoms with Crippen molar-refractivity contribution in [3.63, 3.8) is 0 Å². The SMILES string of the molecule is CC1(C)Cc2cccc(OCC(=O)NCc3nnnn3C3CCCC3)c2O1. The van der Waals surface area contributed by atoms with Crippen molar-refractivity contribution in [3.8, 4) is 11.5 Å². The highest BCUT2D eigenvalue weighted by atomic mass is 16.5. The van der Waals surface area contributed by atoms with E-state index >= 15 is 0 Å². The number of hydrogen-bond donors (Lipinski definition) is 1. The molecule has 1 aromatic carbocycles. The zero-order valence-corrected chi connectivity index (χ0v) is 15.8. The number of nitrogens with zero attached hydrogens (tertiary/aromatic N) is 4. The normalized spacial score (nSPS) is 18.1. The summed E-state index contributed by atoms with van der Waals surface area (Å²) in [6.07, 6.45) is 5.40. The molecular formula is C19H25N5O3. The summed E-state index contributed by atoms with van der Waals surface area (Å²) in [6, 6.07) is 6.12. The molecule has 0 radical (unpaired) electrons. The minimum atomic E-state index is -0.249. The molecule has 2 heterocycles. The average molecular weight is 371 g/mol. The van der Waals surface area contributed by atoms with Gasteiger partial charge in [0, 0.05) is 12.0 Å². The summed E-state index contributed by atoms with van der Waals surface area (Å²) in [5, 5.41) is 14.7. The van der Waals surface area contributed by atoms with Gasteiger partial charge in [-0.15, -0.1) is 5.10 Å². The molecule has 2 aromatic rings. The molecule has 8 heteroatoms. The van der Waals surface area contributed by atoms with Crippen molar-refractivity contribution in [2.75, 3.05) is 6.61 Å². The van der Waals surface area contributed by atoms with Crippen molar-refractivity contribution in [3.05, 3.63) is 29.6 Å². The summed E-state index contributed by atoms with van der Waals surface area (Å²) < 4.78 is 13.5. The average Bonchev–Trinajstić information content (AvgIpc) is 3.35. The first-order valence-electron chi connectivity index (χ1n) is 9.49. The Morgan fingerprint density at radius 1 is 1.37 bits per heavy atom. The fourth-order valence-corrected chi connectivity index (χ4v) is 3.83. The van der Waals surface area contributed by atoms with Gasteiger partial charge in [0.05, 0.1) is 12.6 Å². The molecule has 2 aliphatic rings. The number of tetrazole rings is 1. The molecule has 1 aliphatic carbocycles. The van der Waals surface area contributed by atoms with Crippen LogP contribution < -0.4 is 14.8 Å². The molecule has 1 N–H and O–H groups in total. The highest BCUT2D eigenvalue weighted by molar-refractivity contribution is 5.77. The smallest absolute Gasteiger partial charge is 0.258 e. The quantitative estimate of drug-likeness (QED) is 0.837. The molecule has 0 unspecified atom stereocenters. The van der Waals surface area contributed by atoms with E-state index in [-0.39, 0.29) is 18.1 Å². The maximum absolute atomic E-state index is 12.2. The number of hydrogen-bond acceptors (Lipinski definition) is 6. The first-order valence-corrected chi connectivity index (χ1v) is 9.49. The third-order valence-corrected chi connectivity index (χ3v) is 5.09. The van der Waals surface area contributed by atoms with Gasteiger partial charge in [0.25, 0.3) is 5.91 Å². The van der Waals surface area contributed by atoms with Crippen LogP contribution in [0.25, 0.3) is 0 Å². The van der Waals surface area contributed by atoms with Crippen molar-refractivity contribution in [2.24, 2.45) is 0 Å². The standard InChI is InChI=1S/C19H25N5O3/c1-19(2)10-13-6-5-9-15(18(13)27-19)26-12-17(25)20-11-16-21-22-23-24(16)14-7-3-4-8-14/h5-6,9,14H,3-4,7-8,10-12H2,1-2H3,(H,20,25). The van der Waals surface area contributed by atoms with Gasteiger partial charge in [-0.1, -0.05) is 25.0 Å². The molecule has 1 aromatic heterocycles. The Kier molecular flexibility index (Phi) is 4.72. The minimum Gasteiger partial charge on any atom is -0.483 e. The molecule has 27 heavy (non-hydrogen) atoms. The molecular weight excluding hydrogens is 346 g/mol. The van der Waals surface area contributed by atoms with E-state index in [1.807, 2.05) is 36.7 Å². The number of amides is 1. The van der Waals surface area contributed by atoms with Crippen LogP contribution in [0.15, 0.2) is 18.2 Å². The Balaban J connectivity index is 1.32. The number of ether oxygens (including phenoxy) is 2. The Labute approximate surface area is 158 Å². The van der Waals surface area contributed by atoms with E-state index in [1.54, 1.807) is 0 Å². The van der Waals surface area contributed by atoms with Crippen LogP contribution in [0.4, 0.5) is 0 Å². The van der Waals surface area contributed by atoms with E-state index in [9.17, 15) is 4.79 Å². The highest BCUT2D eigenvalue weighted by Crippen LogP contribution is 2.41. The molecule has 8 nitrogen and oxygen atoms in total. The van der Waals surface area contributed by atoms with Gasteiger partial charge in [0.15, 0.2) is 23.9 Å². The summed E-state index contributed by atoms with van der Waals surface area (Å²) in [5.41, 5.74) is 0.857. The third-order valence-electron chi connectivity index (χ3n) is 5.09. The van der Waals surface area contributed by atoms with E-state index in [2.05, 4.69) is 20.8 Å². The lowest BCUT2D eigenvalue weighted by Gasteiger charge is -2.18. The minimum absolute atomic E-state index is 0.0781. The van der Waals surface area contributed by atoms with E-state index in [0.29, 0.717) is 24.2 Å². The van der Waals surface area contributed by atoms with Crippen LogP contribution in [0.5, 0.6) is 11.5 Å². The summed E-state index contributed by atoms with van der Waals surface area (Å²) in [5.74, 6) is 1.80. The number of aromatic nitrogens is 4. The van der Waals surface area contributed by atoms with Crippen molar-refractivity contribution >= 4 is 5.91 Å². The second-order valence-corrected chi connectivity index (χ2v) is 7.83. The number of nitrogens with one attached hydrogen (secondary N) is 1. The predicted octanol–water partition coefficient (Wildman–Crippen LogP) is 2.20. The van der Waals surface area contributed by atoms with Crippen LogP contribution in [0.3, 0.4) is 0 Å². The second kappa shape index (κ2) is 7.17. The Morgan fingerprint density at radius 3 is 3.00 bits per heavy atom. The van der Waals surface area contributed by atoms with E-state index < -0.39 is 0 Å².